The van der Waals surface area contributed by atoms with Crippen molar-refractivity contribution >= 4 is 11.9 Å². The summed E-state index contributed by atoms with van der Waals surface area (Å²) in [5.74, 6) is -0.229. The van der Waals surface area contributed by atoms with Gasteiger partial charge >= 0.3 is 11.9 Å². The van der Waals surface area contributed by atoms with Crippen molar-refractivity contribution in [3.05, 3.63) is 0 Å². The molecule has 0 atom stereocenters. The Kier molecular flexibility index (Phi) is 40.9. The molecule has 0 saturated heterocycles. The summed E-state index contributed by atoms with van der Waals surface area (Å²) >= 11 is 0. The SMILES string of the molecule is CCCCCCCCCCCCCCCCCC(=O)O.CCCCCCCCCCCCCCCCCC(=O)OCC(C)C. The molecular formula is C40H80O4. The molecule has 0 radical (unpaired) electrons. The number of carbonyl (C=O) groups excluding carboxylic acids is 1. The zero-order valence-electron chi connectivity index (χ0n) is 30.6. The molecule has 0 heterocycles. The number of aliphatic carboxylic acids is 1. The molecule has 0 bridgehead atoms. The van der Waals surface area contributed by atoms with Crippen molar-refractivity contribution in [2.24, 2.45) is 5.92 Å². The summed E-state index contributed by atoms with van der Waals surface area (Å²) in [4.78, 5) is 21.8. The van der Waals surface area contributed by atoms with Gasteiger partial charge in [0.2, 0.25) is 0 Å². The Bertz CT molecular complexity index is 560. The summed E-state index contributed by atoms with van der Waals surface area (Å²) in [5, 5.41) is 8.52. The van der Waals surface area contributed by atoms with Gasteiger partial charge in [-0.25, -0.2) is 0 Å². The summed E-state index contributed by atoms with van der Waals surface area (Å²) < 4.78 is 5.18. The Morgan fingerprint density at radius 2 is 0.682 bits per heavy atom. The van der Waals surface area contributed by atoms with Gasteiger partial charge in [0.1, 0.15) is 0 Å². The third-order valence-electron chi connectivity index (χ3n) is 8.56. The molecule has 0 aromatic heterocycles. The Balaban J connectivity index is 0. The first-order valence-corrected chi connectivity index (χ1v) is 19.8. The van der Waals surface area contributed by atoms with E-state index in [4.69, 9.17) is 9.84 Å². The van der Waals surface area contributed by atoms with Crippen LogP contribution >= 0.6 is 0 Å². The summed E-state index contributed by atoms with van der Waals surface area (Å²) in [5.41, 5.74) is 0. The van der Waals surface area contributed by atoms with Gasteiger partial charge in [-0.2, -0.15) is 0 Å². The predicted molar refractivity (Wildman–Crippen MR) is 193 cm³/mol. The third-order valence-corrected chi connectivity index (χ3v) is 8.56. The zero-order chi connectivity index (χ0) is 32.8. The lowest BCUT2D eigenvalue weighted by molar-refractivity contribution is -0.144. The quantitative estimate of drug-likeness (QED) is 0.0571. The van der Waals surface area contributed by atoms with E-state index < -0.39 is 5.97 Å². The summed E-state index contributed by atoms with van der Waals surface area (Å²) in [6.45, 7) is 9.26. The molecule has 0 rings (SSSR count). The van der Waals surface area contributed by atoms with Crippen molar-refractivity contribution in [3.63, 3.8) is 0 Å². The molecule has 0 amide bonds. The van der Waals surface area contributed by atoms with Gasteiger partial charge in [-0.3, -0.25) is 9.59 Å². The largest absolute Gasteiger partial charge is 0.481 e. The molecule has 0 fully saturated rings. The fourth-order valence-corrected chi connectivity index (χ4v) is 5.62. The number of ether oxygens (including phenoxy) is 1. The van der Waals surface area contributed by atoms with Crippen LogP contribution in [0.25, 0.3) is 0 Å². The molecular weight excluding hydrogens is 544 g/mol. The summed E-state index contributed by atoms with van der Waals surface area (Å²) in [6, 6.07) is 0. The van der Waals surface area contributed by atoms with Crippen LogP contribution in [0.15, 0.2) is 0 Å². The number of rotatable bonds is 34. The molecule has 0 unspecified atom stereocenters. The van der Waals surface area contributed by atoms with Crippen LogP contribution in [0, 0.1) is 5.92 Å². The van der Waals surface area contributed by atoms with Crippen molar-refractivity contribution in [2.45, 2.75) is 233 Å². The molecule has 0 aliphatic heterocycles. The number of esters is 1. The molecule has 4 heteroatoms. The van der Waals surface area contributed by atoms with Gasteiger partial charge in [-0.05, 0) is 18.8 Å². The van der Waals surface area contributed by atoms with E-state index in [1.54, 1.807) is 0 Å². The van der Waals surface area contributed by atoms with Crippen LogP contribution in [0.3, 0.4) is 0 Å². The number of carboxylic acids is 1. The molecule has 0 aromatic carbocycles. The second-order valence-electron chi connectivity index (χ2n) is 13.9. The van der Waals surface area contributed by atoms with Gasteiger partial charge in [0, 0.05) is 12.8 Å². The van der Waals surface area contributed by atoms with Gasteiger partial charge in [0.15, 0.2) is 0 Å². The molecule has 0 spiro atoms. The molecule has 0 aromatic rings. The lowest BCUT2D eigenvalue weighted by Gasteiger charge is -2.07. The van der Waals surface area contributed by atoms with Crippen molar-refractivity contribution in [3.8, 4) is 0 Å². The summed E-state index contributed by atoms with van der Waals surface area (Å²) in [6.07, 6.45) is 41.1. The second kappa shape index (κ2) is 40.0. The maximum Gasteiger partial charge on any atom is 0.305 e. The minimum absolute atomic E-state index is 0.0154. The molecule has 0 saturated carbocycles. The normalized spacial score (nSPS) is 11.0. The molecule has 1 N–H and O–H groups in total. The third kappa shape index (κ3) is 45.4. The van der Waals surface area contributed by atoms with Crippen LogP contribution in [0.5, 0.6) is 0 Å². The van der Waals surface area contributed by atoms with E-state index >= 15 is 0 Å². The van der Waals surface area contributed by atoms with Gasteiger partial charge in [0.05, 0.1) is 6.61 Å². The Labute approximate surface area is 276 Å². The van der Waals surface area contributed by atoms with E-state index in [0.717, 1.165) is 19.3 Å². The van der Waals surface area contributed by atoms with E-state index in [-0.39, 0.29) is 5.97 Å². The molecule has 264 valence electrons. The Morgan fingerprint density at radius 1 is 0.432 bits per heavy atom. The Hall–Kier alpha value is -1.06. The van der Waals surface area contributed by atoms with E-state index in [9.17, 15) is 9.59 Å². The van der Waals surface area contributed by atoms with Crippen LogP contribution in [-0.2, 0) is 14.3 Å². The van der Waals surface area contributed by atoms with E-state index in [0.29, 0.717) is 25.4 Å². The summed E-state index contributed by atoms with van der Waals surface area (Å²) in [7, 11) is 0. The van der Waals surface area contributed by atoms with Crippen molar-refractivity contribution in [1.82, 2.24) is 0 Å². The smallest absolute Gasteiger partial charge is 0.305 e. The first-order valence-electron chi connectivity index (χ1n) is 19.8. The predicted octanol–water partition coefficient (Wildman–Crippen LogP) is 13.8. The highest BCUT2D eigenvalue weighted by Crippen LogP contribution is 2.15. The fourth-order valence-electron chi connectivity index (χ4n) is 5.62. The first-order chi connectivity index (χ1) is 21.4. The molecule has 0 aliphatic rings. The van der Waals surface area contributed by atoms with Crippen LogP contribution in [0.2, 0.25) is 0 Å². The monoisotopic (exact) mass is 625 g/mol. The highest BCUT2D eigenvalue weighted by atomic mass is 16.5. The van der Waals surface area contributed by atoms with Gasteiger partial charge in [0.25, 0.3) is 0 Å². The topological polar surface area (TPSA) is 63.6 Å². The Morgan fingerprint density at radius 3 is 0.932 bits per heavy atom. The van der Waals surface area contributed by atoms with Crippen LogP contribution in [0.1, 0.15) is 233 Å². The first kappa shape index (κ1) is 45.1. The van der Waals surface area contributed by atoms with Gasteiger partial charge < -0.3 is 9.84 Å². The number of carbonyl (C=O) groups is 2. The van der Waals surface area contributed by atoms with Gasteiger partial charge in [-0.15, -0.1) is 0 Å². The van der Waals surface area contributed by atoms with Crippen molar-refractivity contribution < 1.29 is 19.4 Å². The maximum atomic E-state index is 11.5. The fraction of sp³-hybridized carbons (Fsp3) is 0.950. The van der Waals surface area contributed by atoms with E-state index in [1.807, 2.05) is 0 Å². The second-order valence-corrected chi connectivity index (χ2v) is 13.9. The van der Waals surface area contributed by atoms with Crippen LogP contribution < -0.4 is 0 Å². The highest BCUT2D eigenvalue weighted by molar-refractivity contribution is 5.69. The van der Waals surface area contributed by atoms with Gasteiger partial charge in [-0.1, -0.05) is 207 Å². The zero-order valence-corrected chi connectivity index (χ0v) is 30.6. The number of carboxylic acid groups (broad SMARTS) is 1. The standard InChI is InChI=1S/C22H44O2.C18H36O2/c1-4-5-6-7-8-9-10-11-12-13-14-15-16-17-18-19-22(23)24-20-21(2)3;1-2-3-4-5-6-7-8-9-10-11-12-13-14-15-16-17-18(19)20/h21H,4-20H2,1-3H3;2-17H2,1H3,(H,19,20). The van der Waals surface area contributed by atoms with E-state index in [1.165, 1.54) is 173 Å². The average Bonchev–Trinajstić information content (AvgIpc) is 3.00. The van der Waals surface area contributed by atoms with Crippen molar-refractivity contribution in [1.29, 1.82) is 0 Å². The molecule has 44 heavy (non-hydrogen) atoms. The number of hydrogen-bond donors (Lipinski definition) is 1. The number of hydrogen-bond acceptors (Lipinski definition) is 3. The lowest BCUT2D eigenvalue weighted by Crippen LogP contribution is -2.09. The van der Waals surface area contributed by atoms with Crippen LogP contribution in [0.4, 0.5) is 0 Å². The number of unbranched alkanes of at least 4 members (excludes halogenated alkanes) is 28. The van der Waals surface area contributed by atoms with Crippen molar-refractivity contribution in [2.75, 3.05) is 6.61 Å². The minimum atomic E-state index is -0.653. The highest BCUT2D eigenvalue weighted by Gasteiger charge is 2.04. The minimum Gasteiger partial charge on any atom is -0.481 e. The lowest BCUT2D eigenvalue weighted by atomic mass is 10.0. The van der Waals surface area contributed by atoms with Crippen LogP contribution in [-0.4, -0.2) is 23.7 Å². The molecule has 4 nitrogen and oxygen atoms in total. The van der Waals surface area contributed by atoms with E-state index in [2.05, 4.69) is 27.7 Å². The maximum absolute atomic E-state index is 11.5. The average molecular weight is 625 g/mol. The molecule has 0 aliphatic carbocycles.